The molecule has 1 aromatic rings. The number of hydrogen-bond donors (Lipinski definition) is 1. The predicted molar refractivity (Wildman–Crippen MR) is 86.6 cm³/mol. The van der Waals surface area contributed by atoms with Crippen molar-refractivity contribution in [3.8, 4) is 0 Å². The van der Waals surface area contributed by atoms with E-state index in [9.17, 15) is 12.8 Å². The first kappa shape index (κ1) is 16.4. The van der Waals surface area contributed by atoms with E-state index in [1.165, 1.54) is 35.3 Å². The number of nitrogens with one attached hydrogen (secondary N) is 1. The van der Waals surface area contributed by atoms with Gasteiger partial charge in [-0.15, -0.1) is 0 Å². The summed E-state index contributed by atoms with van der Waals surface area (Å²) in [4.78, 5) is -0.244. The minimum atomic E-state index is -3.76. The summed E-state index contributed by atoms with van der Waals surface area (Å²) in [6.45, 7) is 1.92. The van der Waals surface area contributed by atoms with E-state index in [0.29, 0.717) is 23.6 Å². The number of benzene rings is 1. The van der Waals surface area contributed by atoms with Crippen molar-refractivity contribution in [2.75, 3.05) is 19.6 Å². The molecule has 1 aliphatic carbocycles. The Hall–Kier alpha value is -0.500. The van der Waals surface area contributed by atoms with Crippen molar-refractivity contribution in [2.45, 2.75) is 36.6 Å². The normalized spacial score (nSPS) is 21.2. The highest BCUT2D eigenvalue weighted by Gasteiger charge is 2.32. The molecular weight excluding hydrogens is 371 g/mol. The molecule has 7 heteroatoms. The largest absolute Gasteiger partial charge is 0.314 e. The van der Waals surface area contributed by atoms with E-state index in [4.69, 9.17) is 0 Å². The zero-order chi connectivity index (χ0) is 15.7. The monoisotopic (exact) mass is 390 g/mol. The highest BCUT2D eigenvalue weighted by Crippen LogP contribution is 2.29. The Bertz CT molecular complexity index is 641. The third-order valence-corrected chi connectivity index (χ3v) is 6.76. The molecule has 3 rings (SSSR count). The van der Waals surface area contributed by atoms with Crippen molar-refractivity contribution in [3.05, 3.63) is 28.5 Å². The Kier molecular flexibility index (Phi) is 4.87. The number of rotatable bonds is 5. The molecule has 2 fully saturated rings. The van der Waals surface area contributed by atoms with E-state index >= 15 is 0 Å². The van der Waals surface area contributed by atoms with Crippen LogP contribution in [0.5, 0.6) is 0 Å². The van der Waals surface area contributed by atoms with Gasteiger partial charge in [0.05, 0.1) is 0 Å². The van der Waals surface area contributed by atoms with Gasteiger partial charge in [0, 0.05) is 23.6 Å². The maximum absolute atomic E-state index is 13.9. The number of nitrogens with zero attached hydrogens (tertiary/aromatic N) is 1. The van der Waals surface area contributed by atoms with Crippen molar-refractivity contribution >= 4 is 26.0 Å². The van der Waals surface area contributed by atoms with Gasteiger partial charge in [0.15, 0.2) is 0 Å². The first-order valence-corrected chi connectivity index (χ1v) is 9.89. The molecule has 2 aliphatic rings. The van der Waals surface area contributed by atoms with Crippen LogP contribution in [0.1, 0.15) is 25.7 Å². The van der Waals surface area contributed by atoms with E-state index < -0.39 is 15.8 Å². The lowest BCUT2D eigenvalue weighted by Gasteiger charge is -2.31. The number of hydrogen-bond acceptors (Lipinski definition) is 3. The summed E-state index contributed by atoms with van der Waals surface area (Å²) in [7, 11) is -3.76. The molecule has 1 saturated heterocycles. The lowest BCUT2D eigenvalue weighted by molar-refractivity contribution is 0.287. The van der Waals surface area contributed by atoms with Crippen molar-refractivity contribution in [2.24, 2.45) is 5.92 Å². The molecule has 0 unspecified atom stereocenters. The molecule has 1 aromatic carbocycles. The van der Waals surface area contributed by atoms with Crippen LogP contribution in [-0.2, 0) is 10.0 Å². The second-order valence-corrected chi connectivity index (χ2v) is 8.93. The van der Waals surface area contributed by atoms with Crippen LogP contribution in [0.3, 0.4) is 0 Å². The first-order valence-electron chi connectivity index (χ1n) is 7.65. The van der Waals surface area contributed by atoms with Crippen molar-refractivity contribution in [1.29, 1.82) is 0 Å². The van der Waals surface area contributed by atoms with Gasteiger partial charge in [0.1, 0.15) is 10.7 Å². The summed E-state index contributed by atoms with van der Waals surface area (Å²) in [5.41, 5.74) is 0. The quantitative estimate of drug-likeness (QED) is 0.840. The molecular formula is C15H20BrFN2O2S. The Morgan fingerprint density at radius 2 is 1.91 bits per heavy atom. The molecule has 0 radical (unpaired) electrons. The minimum Gasteiger partial charge on any atom is -0.314 e. The van der Waals surface area contributed by atoms with Crippen molar-refractivity contribution < 1.29 is 12.8 Å². The molecule has 1 N–H and O–H groups in total. The highest BCUT2D eigenvalue weighted by molar-refractivity contribution is 9.10. The van der Waals surface area contributed by atoms with Crippen LogP contribution < -0.4 is 5.32 Å². The summed E-state index contributed by atoms with van der Waals surface area (Å²) in [5.74, 6) is 0.120. The summed E-state index contributed by atoms with van der Waals surface area (Å²) < 4.78 is 41.0. The van der Waals surface area contributed by atoms with Gasteiger partial charge in [-0.3, -0.25) is 0 Å². The smallest absolute Gasteiger partial charge is 0.246 e. The summed E-state index contributed by atoms with van der Waals surface area (Å²) in [5, 5.41) is 3.51. The summed E-state index contributed by atoms with van der Waals surface area (Å²) >= 11 is 3.20. The zero-order valence-electron chi connectivity index (χ0n) is 12.3. The molecule has 0 aromatic heterocycles. The molecule has 122 valence electrons. The topological polar surface area (TPSA) is 49.4 Å². The second kappa shape index (κ2) is 6.55. The van der Waals surface area contributed by atoms with E-state index in [1.807, 2.05) is 0 Å². The number of halogens is 2. The SMILES string of the molecule is O=S(=O)(c1cc(Br)ccc1F)N1CCC(NCC2CC2)CC1. The van der Waals surface area contributed by atoms with E-state index in [-0.39, 0.29) is 4.90 Å². The Morgan fingerprint density at radius 3 is 2.55 bits per heavy atom. The summed E-state index contributed by atoms with van der Waals surface area (Å²) in [6.07, 6.45) is 4.17. The maximum atomic E-state index is 13.9. The van der Waals surface area contributed by atoms with Gasteiger partial charge in [-0.25, -0.2) is 12.8 Å². The Morgan fingerprint density at radius 1 is 1.23 bits per heavy atom. The molecule has 0 amide bonds. The van der Waals surface area contributed by atoms with Crippen LogP contribution in [0, 0.1) is 11.7 Å². The van der Waals surface area contributed by atoms with Gasteiger partial charge < -0.3 is 5.32 Å². The fourth-order valence-electron chi connectivity index (χ4n) is 2.77. The van der Waals surface area contributed by atoms with Gasteiger partial charge >= 0.3 is 0 Å². The Labute approximate surface area is 139 Å². The fourth-order valence-corrected chi connectivity index (χ4v) is 4.84. The average Bonchev–Trinajstić information content (AvgIpc) is 3.32. The van der Waals surface area contributed by atoms with Crippen LogP contribution in [0.4, 0.5) is 4.39 Å². The predicted octanol–water partition coefficient (Wildman–Crippen LogP) is 2.74. The van der Waals surface area contributed by atoms with Gasteiger partial charge in [0.2, 0.25) is 10.0 Å². The molecule has 4 nitrogen and oxygen atoms in total. The van der Waals surface area contributed by atoms with Crippen LogP contribution in [-0.4, -0.2) is 38.4 Å². The fraction of sp³-hybridized carbons (Fsp3) is 0.600. The van der Waals surface area contributed by atoms with Crippen LogP contribution in [0.2, 0.25) is 0 Å². The molecule has 1 saturated carbocycles. The molecule has 1 aliphatic heterocycles. The maximum Gasteiger partial charge on any atom is 0.246 e. The van der Waals surface area contributed by atoms with Gasteiger partial charge in [0.25, 0.3) is 0 Å². The standard InChI is InChI=1S/C15H20BrFN2O2S/c16-12-3-4-14(17)15(9-12)22(20,21)19-7-5-13(6-8-19)18-10-11-1-2-11/h3-4,9,11,13,18H,1-2,5-8,10H2. The first-order chi connectivity index (χ1) is 10.5. The molecule has 1 heterocycles. The van der Waals surface area contributed by atoms with E-state index in [2.05, 4.69) is 21.2 Å². The number of sulfonamides is 1. The van der Waals surface area contributed by atoms with Crippen molar-refractivity contribution in [1.82, 2.24) is 9.62 Å². The third kappa shape index (κ3) is 3.69. The lowest BCUT2D eigenvalue weighted by Crippen LogP contribution is -2.45. The minimum absolute atomic E-state index is 0.244. The van der Waals surface area contributed by atoms with Gasteiger partial charge in [-0.2, -0.15) is 4.31 Å². The average molecular weight is 391 g/mol. The molecule has 0 bridgehead atoms. The molecule has 22 heavy (non-hydrogen) atoms. The van der Waals surface area contributed by atoms with Gasteiger partial charge in [-0.1, -0.05) is 15.9 Å². The Balaban J connectivity index is 1.64. The second-order valence-electron chi connectivity index (χ2n) is 6.10. The van der Waals surface area contributed by atoms with Crippen LogP contribution in [0.15, 0.2) is 27.6 Å². The van der Waals surface area contributed by atoms with E-state index in [1.54, 1.807) is 0 Å². The highest BCUT2D eigenvalue weighted by atomic mass is 79.9. The molecule has 0 atom stereocenters. The zero-order valence-corrected chi connectivity index (χ0v) is 14.7. The molecule has 0 spiro atoms. The van der Waals surface area contributed by atoms with Crippen LogP contribution in [0.25, 0.3) is 0 Å². The van der Waals surface area contributed by atoms with E-state index in [0.717, 1.165) is 25.3 Å². The summed E-state index contributed by atoms with van der Waals surface area (Å²) in [6, 6.07) is 4.39. The third-order valence-electron chi connectivity index (χ3n) is 4.36. The van der Waals surface area contributed by atoms with Crippen LogP contribution >= 0.6 is 15.9 Å². The number of piperidine rings is 1. The van der Waals surface area contributed by atoms with Gasteiger partial charge in [-0.05, 0) is 56.3 Å². The van der Waals surface area contributed by atoms with Crippen molar-refractivity contribution in [3.63, 3.8) is 0 Å². The lowest BCUT2D eigenvalue weighted by atomic mass is 10.1.